The molecule has 0 aliphatic carbocycles. The summed E-state index contributed by atoms with van der Waals surface area (Å²) in [6.45, 7) is -3.48. The van der Waals surface area contributed by atoms with Gasteiger partial charge in [0, 0.05) is 12.1 Å². The van der Waals surface area contributed by atoms with Crippen LogP contribution in [0.3, 0.4) is 0 Å². The minimum atomic E-state index is -3.01. The number of esters is 1. The van der Waals surface area contributed by atoms with Gasteiger partial charge >= 0.3 is 12.6 Å². The molecule has 0 bridgehead atoms. The van der Waals surface area contributed by atoms with Gasteiger partial charge in [-0.3, -0.25) is 19.3 Å². The standard InChI is InChI=1S/C22H17F2N3O7/c1-31-16-10-12(6-7-15(16)33-22(23)24)19-25-17(34-26-19)11-32-18(28)8-9-27-20(29)13-4-2-3-5-14(13)21(27)30/h2-7,10,22H,8-9,11H2,1H3. The Morgan fingerprint density at radius 2 is 1.79 bits per heavy atom. The number of hydrogen-bond acceptors (Lipinski definition) is 9. The fourth-order valence-corrected chi connectivity index (χ4v) is 3.29. The fourth-order valence-electron chi connectivity index (χ4n) is 3.29. The Labute approximate surface area is 191 Å². The summed E-state index contributed by atoms with van der Waals surface area (Å²) in [5.41, 5.74) is 0.986. The molecule has 4 rings (SSSR count). The molecule has 0 saturated heterocycles. The van der Waals surface area contributed by atoms with Crippen molar-refractivity contribution < 1.29 is 41.9 Å². The van der Waals surface area contributed by atoms with Gasteiger partial charge in [0.05, 0.1) is 24.7 Å². The topological polar surface area (TPSA) is 121 Å². The molecule has 176 valence electrons. The molecular formula is C22H17F2N3O7. The van der Waals surface area contributed by atoms with Crippen molar-refractivity contribution in [2.24, 2.45) is 0 Å². The summed E-state index contributed by atoms with van der Waals surface area (Å²) in [6.07, 6.45) is -0.213. The highest BCUT2D eigenvalue weighted by atomic mass is 19.3. The number of halogens is 2. The molecule has 10 nitrogen and oxygen atoms in total. The summed E-state index contributed by atoms with van der Waals surface area (Å²) < 4.78 is 44.4. The van der Waals surface area contributed by atoms with E-state index in [1.807, 2.05) is 0 Å². The second kappa shape index (κ2) is 9.65. The van der Waals surface area contributed by atoms with Crippen molar-refractivity contribution in [3.05, 3.63) is 59.5 Å². The van der Waals surface area contributed by atoms with Crippen molar-refractivity contribution in [3.63, 3.8) is 0 Å². The molecule has 1 aliphatic heterocycles. The highest BCUT2D eigenvalue weighted by Gasteiger charge is 2.35. The van der Waals surface area contributed by atoms with Crippen LogP contribution in [0.25, 0.3) is 11.4 Å². The third-order valence-corrected chi connectivity index (χ3v) is 4.88. The number of hydrogen-bond donors (Lipinski definition) is 0. The predicted octanol–water partition coefficient (Wildman–Crippen LogP) is 3.08. The minimum absolute atomic E-state index is 0.0176. The SMILES string of the molecule is COc1cc(-c2noc(COC(=O)CCN3C(=O)c4ccccc4C3=O)n2)ccc1OC(F)F. The quantitative estimate of drug-likeness (QED) is 0.341. The lowest BCUT2D eigenvalue weighted by Gasteiger charge is -2.12. The first kappa shape index (κ1) is 22.8. The molecule has 2 aromatic carbocycles. The first-order valence-corrected chi connectivity index (χ1v) is 9.94. The third kappa shape index (κ3) is 4.70. The van der Waals surface area contributed by atoms with Gasteiger partial charge in [0.25, 0.3) is 17.7 Å². The maximum Gasteiger partial charge on any atom is 0.387 e. The molecule has 0 fully saturated rings. The molecule has 0 atom stereocenters. The molecule has 3 aromatic rings. The molecule has 1 aliphatic rings. The van der Waals surface area contributed by atoms with Crippen molar-refractivity contribution in [1.29, 1.82) is 0 Å². The van der Waals surface area contributed by atoms with Gasteiger partial charge in [-0.25, -0.2) is 0 Å². The van der Waals surface area contributed by atoms with E-state index in [1.165, 1.54) is 25.3 Å². The first-order chi connectivity index (χ1) is 16.4. The van der Waals surface area contributed by atoms with Crippen LogP contribution in [0.5, 0.6) is 11.5 Å². The van der Waals surface area contributed by atoms with Crippen LogP contribution >= 0.6 is 0 Å². The van der Waals surface area contributed by atoms with Crippen LogP contribution in [0, 0.1) is 0 Å². The van der Waals surface area contributed by atoms with E-state index in [2.05, 4.69) is 14.9 Å². The second-order valence-electron chi connectivity index (χ2n) is 6.97. The van der Waals surface area contributed by atoms with Crippen LogP contribution in [0.15, 0.2) is 47.0 Å². The van der Waals surface area contributed by atoms with E-state index in [0.29, 0.717) is 16.7 Å². The minimum Gasteiger partial charge on any atom is -0.493 e. The lowest BCUT2D eigenvalue weighted by Crippen LogP contribution is -2.32. The summed E-state index contributed by atoms with van der Waals surface area (Å²) in [4.78, 5) is 41.8. The van der Waals surface area contributed by atoms with Crippen molar-refractivity contribution in [2.45, 2.75) is 19.6 Å². The molecule has 1 aromatic heterocycles. The van der Waals surface area contributed by atoms with Crippen LogP contribution < -0.4 is 9.47 Å². The number of carbonyl (C=O) groups excluding carboxylic acids is 3. The Balaban J connectivity index is 1.32. The van der Waals surface area contributed by atoms with Crippen molar-refractivity contribution in [3.8, 4) is 22.9 Å². The van der Waals surface area contributed by atoms with E-state index in [0.717, 1.165) is 4.90 Å². The Bertz CT molecular complexity index is 1210. The summed E-state index contributed by atoms with van der Waals surface area (Å²) in [5, 5.41) is 3.76. The smallest absolute Gasteiger partial charge is 0.387 e. The Morgan fingerprint density at radius 3 is 2.44 bits per heavy atom. The van der Waals surface area contributed by atoms with Crippen molar-refractivity contribution in [1.82, 2.24) is 15.0 Å². The van der Waals surface area contributed by atoms with Crippen molar-refractivity contribution >= 4 is 17.8 Å². The number of nitrogens with zero attached hydrogens (tertiary/aromatic N) is 3. The van der Waals surface area contributed by atoms with Crippen LogP contribution in [0.2, 0.25) is 0 Å². The highest BCUT2D eigenvalue weighted by Crippen LogP contribution is 2.32. The number of aromatic nitrogens is 2. The summed E-state index contributed by atoms with van der Waals surface area (Å²) in [6, 6.07) is 10.5. The van der Waals surface area contributed by atoms with E-state index >= 15 is 0 Å². The number of amides is 2. The number of methoxy groups -OCH3 is 1. The van der Waals surface area contributed by atoms with Gasteiger partial charge in [0.1, 0.15) is 0 Å². The van der Waals surface area contributed by atoms with E-state index in [4.69, 9.17) is 14.0 Å². The summed E-state index contributed by atoms with van der Waals surface area (Å²) in [7, 11) is 1.29. The Morgan fingerprint density at radius 1 is 1.09 bits per heavy atom. The van der Waals surface area contributed by atoms with Gasteiger partial charge < -0.3 is 18.7 Å². The maximum atomic E-state index is 12.5. The van der Waals surface area contributed by atoms with Gasteiger partial charge in [-0.15, -0.1) is 0 Å². The molecule has 0 unspecified atom stereocenters. The highest BCUT2D eigenvalue weighted by molar-refractivity contribution is 6.21. The van der Waals surface area contributed by atoms with Gasteiger partial charge in [0.2, 0.25) is 5.82 Å². The zero-order valence-electron chi connectivity index (χ0n) is 17.7. The molecule has 0 spiro atoms. The monoisotopic (exact) mass is 473 g/mol. The van der Waals surface area contributed by atoms with E-state index in [1.54, 1.807) is 24.3 Å². The Hall–Kier alpha value is -4.35. The third-order valence-electron chi connectivity index (χ3n) is 4.88. The van der Waals surface area contributed by atoms with Gasteiger partial charge in [-0.1, -0.05) is 17.3 Å². The predicted molar refractivity (Wildman–Crippen MR) is 109 cm³/mol. The number of imide groups is 1. The van der Waals surface area contributed by atoms with Crippen molar-refractivity contribution in [2.75, 3.05) is 13.7 Å². The molecule has 12 heteroatoms. The number of carbonyl (C=O) groups is 3. The molecule has 2 heterocycles. The number of ether oxygens (including phenoxy) is 3. The zero-order valence-corrected chi connectivity index (χ0v) is 17.7. The lowest BCUT2D eigenvalue weighted by atomic mass is 10.1. The Kier molecular flexibility index (Phi) is 6.48. The number of alkyl halides is 2. The molecule has 0 saturated carbocycles. The number of rotatable bonds is 9. The normalized spacial score (nSPS) is 12.8. The largest absolute Gasteiger partial charge is 0.493 e. The maximum absolute atomic E-state index is 12.5. The number of benzene rings is 2. The molecule has 0 radical (unpaired) electrons. The fraction of sp³-hybridized carbons (Fsp3) is 0.227. The first-order valence-electron chi connectivity index (χ1n) is 9.94. The number of fused-ring (bicyclic) bond motifs is 1. The van der Waals surface area contributed by atoms with Crippen LogP contribution in [-0.4, -0.2) is 53.1 Å². The van der Waals surface area contributed by atoms with Crippen LogP contribution in [0.4, 0.5) is 8.78 Å². The van der Waals surface area contributed by atoms with Crippen LogP contribution in [0.1, 0.15) is 33.0 Å². The molecule has 34 heavy (non-hydrogen) atoms. The lowest BCUT2D eigenvalue weighted by molar-refractivity contribution is -0.145. The summed E-state index contributed by atoms with van der Waals surface area (Å²) in [5.74, 6) is -1.62. The second-order valence-corrected chi connectivity index (χ2v) is 6.97. The van der Waals surface area contributed by atoms with Gasteiger partial charge in [-0.2, -0.15) is 13.8 Å². The average Bonchev–Trinajstić information content (AvgIpc) is 3.40. The average molecular weight is 473 g/mol. The van der Waals surface area contributed by atoms with Gasteiger partial charge in [0.15, 0.2) is 18.1 Å². The molecule has 0 N–H and O–H groups in total. The summed E-state index contributed by atoms with van der Waals surface area (Å²) >= 11 is 0. The van der Waals surface area contributed by atoms with E-state index in [9.17, 15) is 23.2 Å². The van der Waals surface area contributed by atoms with Crippen LogP contribution in [-0.2, 0) is 16.1 Å². The molecular weight excluding hydrogens is 456 g/mol. The zero-order chi connectivity index (χ0) is 24.2. The van der Waals surface area contributed by atoms with Gasteiger partial charge in [-0.05, 0) is 30.3 Å². The van der Waals surface area contributed by atoms with E-state index < -0.39 is 24.4 Å². The molecule has 2 amide bonds. The van der Waals surface area contributed by atoms with E-state index in [-0.39, 0.29) is 42.8 Å².